The summed E-state index contributed by atoms with van der Waals surface area (Å²) in [5.74, 6) is 0. The monoisotopic (exact) mass is 208 g/mol. The number of rotatable bonds is 10. The number of hydrogen-bond acceptors (Lipinski definition) is 0. The molecule has 0 bridgehead atoms. The average Bonchev–Trinajstić information content (AvgIpc) is 2.24. The summed E-state index contributed by atoms with van der Waals surface area (Å²) in [6, 6.07) is 0. The van der Waals surface area contributed by atoms with Crippen molar-refractivity contribution in [2.45, 2.75) is 71.6 Å². The molecular formula is C15H28. The SMILES string of the molecule is C=CCC(=CCCCC)CCCCCC. The molecule has 0 aliphatic rings. The van der Waals surface area contributed by atoms with Gasteiger partial charge in [0.15, 0.2) is 0 Å². The van der Waals surface area contributed by atoms with Crippen molar-refractivity contribution in [1.29, 1.82) is 0 Å². The molecule has 0 unspecified atom stereocenters. The third kappa shape index (κ3) is 9.78. The summed E-state index contributed by atoms with van der Waals surface area (Å²) < 4.78 is 0. The summed E-state index contributed by atoms with van der Waals surface area (Å²) in [6.07, 6.45) is 16.2. The van der Waals surface area contributed by atoms with E-state index >= 15 is 0 Å². The fourth-order valence-corrected chi connectivity index (χ4v) is 1.76. The fourth-order valence-electron chi connectivity index (χ4n) is 1.76. The molecule has 0 saturated heterocycles. The van der Waals surface area contributed by atoms with Gasteiger partial charge in [-0.05, 0) is 25.7 Å². The Bertz CT molecular complexity index is 165. The van der Waals surface area contributed by atoms with Crippen LogP contribution in [-0.4, -0.2) is 0 Å². The molecule has 0 rings (SSSR count). The maximum absolute atomic E-state index is 3.83. The van der Waals surface area contributed by atoms with Gasteiger partial charge in [0.2, 0.25) is 0 Å². The van der Waals surface area contributed by atoms with Gasteiger partial charge in [-0.1, -0.05) is 63.7 Å². The summed E-state index contributed by atoms with van der Waals surface area (Å²) in [5, 5.41) is 0. The van der Waals surface area contributed by atoms with Crippen LogP contribution in [0.25, 0.3) is 0 Å². The highest BCUT2D eigenvalue weighted by Crippen LogP contribution is 2.15. The first-order valence-electron chi connectivity index (χ1n) is 6.63. The molecule has 0 N–H and O–H groups in total. The van der Waals surface area contributed by atoms with E-state index in [1.54, 1.807) is 5.57 Å². The number of allylic oxidation sites excluding steroid dienone is 3. The largest absolute Gasteiger partial charge is 0.103 e. The molecule has 0 heterocycles. The Labute approximate surface area is 96.5 Å². The molecule has 0 aromatic heterocycles. The summed E-state index contributed by atoms with van der Waals surface area (Å²) in [7, 11) is 0. The van der Waals surface area contributed by atoms with Crippen LogP contribution >= 0.6 is 0 Å². The molecular weight excluding hydrogens is 180 g/mol. The van der Waals surface area contributed by atoms with Crippen molar-refractivity contribution in [2.24, 2.45) is 0 Å². The van der Waals surface area contributed by atoms with Crippen LogP contribution in [-0.2, 0) is 0 Å². The van der Waals surface area contributed by atoms with Crippen molar-refractivity contribution >= 4 is 0 Å². The van der Waals surface area contributed by atoms with Gasteiger partial charge in [0.1, 0.15) is 0 Å². The van der Waals surface area contributed by atoms with E-state index in [-0.39, 0.29) is 0 Å². The van der Waals surface area contributed by atoms with Gasteiger partial charge >= 0.3 is 0 Å². The maximum atomic E-state index is 3.83. The number of hydrogen-bond donors (Lipinski definition) is 0. The molecule has 88 valence electrons. The van der Waals surface area contributed by atoms with E-state index in [1.807, 2.05) is 6.08 Å². The zero-order chi connectivity index (χ0) is 11.4. The second-order valence-corrected chi connectivity index (χ2v) is 4.31. The zero-order valence-electron chi connectivity index (χ0n) is 10.7. The topological polar surface area (TPSA) is 0 Å². The Morgan fingerprint density at radius 1 is 1.00 bits per heavy atom. The minimum absolute atomic E-state index is 1.09. The quantitative estimate of drug-likeness (QED) is 0.321. The van der Waals surface area contributed by atoms with Crippen molar-refractivity contribution in [2.75, 3.05) is 0 Å². The van der Waals surface area contributed by atoms with E-state index in [0.717, 1.165) is 6.42 Å². The van der Waals surface area contributed by atoms with Crippen LogP contribution in [0, 0.1) is 0 Å². The Balaban J connectivity index is 3.71. The highest BCUT2D eigenvalue weighted by atomic mass is 14.0. The summed E-state index contributed by atoms with van der Waals surface area (Å²) in [5.41, 5.74) is 1.61. The fraction of sp³-hybridized carbons (Fsp3) is 0.733. The second kappa shape index (κ2) is 11.6. The molecule has 0 atom stereocenters. The molecule has 0 nitrogen and oxygen atoms in total. The standard InChI is InChI=1S/C15H28/c1-4-7-9-11-14-15(12-6-3)13-10-8-5-2/h6,13H,3-5,7-12,14H2,1-2H3. The normalized spacial score (nSPS) is 11.7. The lowest BCUT2D eigenvalue weighted by Crippen LogP contribution is -1.85. The first-order chi connectivity index (χ1) is 7.35. The van der Waals surface area contributed by atoms with Gasteiger partial charge in [-0.15, -0.1) is 6.58 Å². The van der Waals surface area contributed by atoms with E-state index in [1.165, 1.54) is 51.4 Å². The van der Waals surface area contributed by atoms with Gasteiger partial charge in [-0.3, -0.25) is 0 Å². The van der Waals surface area contributed by atoms with Gasteiger partial charge in [0.25, 0.3) is 0 Å². The van der Waals surface area contributed by atoms with Gasteiger partial charge < -0.3 is 0 Å². The summed E-state index contributed by atoms with van der Waals surface area (Å²) >= 11 is 0. The van der Waals surface area contributed by atoms with E-state index in [0.29, 0.717) is 0 Å². The summed E-state index contributed by atoms with van der Waals surface area (Å²) in [4.78, 5) is 0. The van der Waals surface area contributed by atoms with Crippen molar-refractivity contribution in [1.82, 2.24) is 0 Å². The summed E-state index contributed by atoms with van der Waals surface area (Å²) in [6.45, 7) is 8.35. The van der Waals surface area contributed by atoms with Crippen LogP contribution in [0.5, 0.6) is 0 Å². The van der Waals surface area contributed by atoms with Crippen LogP contribution in [0.2, 0.25) is 0 Å². The molecule has 0 aromatic rings. The first kappa shape index (κ1) is 14.5. The molecule has 0 spiro atoms. The lowest BCUT2D eigenvalue weighted by molar-refractivity contribution is 0.658. The Hall–Kier alpha value is -0.520. The molecule has 0 aliphatic heterocycles. The van der Waals surface area contributed by atoms with E-state index in [4.69, 9.17) is 0 Å². The third-order valence-electron chi connectivity index (χ3n) is 2.75. The Morgan fingerprint density at radius 2 is 1.73 bits per heavy atom. The predicted molar refractivity (Wildman–Crippen MR) is 71.2 cm³/mol. The van der Waals surface area contributed by atoms with Crippen molar-refractivity contribution in [3.8, 4) is 0 Å². The van der Waals surface area contributed by atoms with Gasteiger partial charge in [-0.2, -0.15) is 0 Å². The predicted octanol–water partition coefficient (Wildman–Crippen LogP) is 5.65. The van der Waals surface area contributed by atoms with Crippen LogP contribution < -0.4 is 0 Å². The Kier molecular flexibility index (Phi) is 11.2. The van der Waals surface area contributed by atoms with Crippen LogP contribution in [0.1, 0.15) is 71.6 Å². The van der Waals surface area contributed by atoms with Crippen molar-refractivity contribution in [3.05, 3.63) is 24.3 Å². The average molecular weight is 208 g/mol. The van der Waals surface area contributed by atoms with Crippen LogP contribution in [0.4, 0.5) is 0 Å². The molecule has 0 aliphatic carbocycles. The molecule has 0 amide bonds. The molecule has 0 saturated carbocycles. The minimum atomic E-state index is 1.09. The lowest BCUT2D eigenvalue weighted by Gasteiger charge is -2.04. The molecule has 0 heteroatoms. The zero-order valence-corrected chi connectivity index (χ0v) is 10.7. The highest BCUT2D eigenvalue weighted by Gasteiger charge is 1.95. The van der Waals surface area contributed by atoms with Crippen LogP contribution in [0.3, 0.4) is 0 Å². The molecule has 0 fully saturated rings. The number of unbranched alkanes of at least 4 members (excludes halogenated alkanes) is 5. The van der Waals surface area contributed by atoms with Crippen molar-refractivity contribution < 1.29 is 0 Å². The second-order valence-electron chi connectivity index (χ2n) is 4.31. The van der Waals surface area contributed by atoms with E-state index < -0.39 is 0 Å². The molecule has 15 heavy (non-hydrogen) atoms. The molecule has 0 aromatic carbocycles. The Morgan fingerprint density at radius 3 is 2.33 bits per heavy atom. The third-order valence-corrected chi connectivity index (χ3v) is 2.75. The first-order valence-corrected chi connectivity index (χ1v) is 6.63. The van der Waals surface area contributed by atoms with Gasteiger partial charge in [0.05, 0.1) is 0 Å². The van der Waals surface area contributed by atoms with Gasteiger partial charge in [-0.25, -0.2) is 0 Å². The molecule has 0 radical (unpaired) electrons. The smallest absolute Gasteiger partial charge is 0.0142 e. The highest BCUT2D eigenvalue weighted by molar-refractivity contribution is 5.06. The van der Waals surface area contributed by atoms with Gasteiger partial charge in [0, 0.05) is 0 Å². The van der Waals surface area contributed by atoms with E-state index in [9.17, 15) is 0 Å². The van der Waals surface area contributed by atoms with E-state index in [2.05, 4.69) is 26.5 Å². The maximum Gasteiger partial charge on any atom is -0.0142 e. The lowest BCUT2D eigenvalue weighted by atomic mass is 10.0. The minimum Gasteiger partial charge on any atom is -0.103 e. The van der Waals surface area contributed by atoms with Crippen molar-refractivity contribution in [3.63, 3.8) is 0 Å². The van der Waals surface area contributed by atoms with Crippen LogP contribution in [0.15, 0.2) is 24.3 Å².